The quantitative estimate of drug-likeness (QED) is 0.176. The van der Waals surface area contributed by atoms with Gasteiger partial charge in [0.1, 0.15) is 6.04 Å². The Hall–Kier alpha value is -4.08. The molecule has 38 heavy (non-hydrogen) atoms. The van der Waals surface area contributed by atoms with Crippen LogP contribution in [0.5, 0.6) is 0 Å². The predicted octanol–water partition coefficient (Wildman–Crippen LogP) is 6.47. The van der Waals surface area contributed by atoms with E-state index in [1.807, 2.05) is 54.6 Å². The number of rotatable bonds is 6. The molecule has 0 fully saturated rings. The maximum absolute atomic E-state index is 13.2. The van der Waals surface area contributed by atoms with Crippen LogP contribution in [0.4, 0.5) is 26.3 Å². The standard InChI is InChI=1S/C28H21F6NO3/c1-38-26(37)24(15-23-21-8-4-2-6-17(21)13-18-7-3-5-9-22(18)23)35-25(36)12-16-10-19(27(29,30)31)14-20(11-16)28(32,33)34/h2-11,13-14,24H,12,15H2,1H3,(H,35,36)/t24-/m1/s1. The average molecular weight is 533 g/mol. The summed E-state index contributed by atoms with van der Waals surface area (Å²) in [5.41, 5.74) is -2.82. The maximum atomic E-state index is 13.2. The second-order valence-corrected chi connectivity index (χ2v) is 8.74. The largest absolute Gasteiger partial charge is 0.467 e. The van der Waals surface area contributed by atoms with Gasteiger partial charge in [-0.3, -0.25) is 4.79 Å². The summed E-state index contributed by atoms with van der Waals surface area (Å²) in [6.45, 7) is 0. The van der Waals surface area contributed by atoms with E-state index in [-0.39, 0.29) is 12.5 Å². The number of amides is 1. The second kappa shape index (κ2) is 10.4. The third-order valence-corrected chi connectivity index (χ3v) is 6.12. The van der Waals surface area contributed by atoms with Crippen LogP contribution in [0.1, 0.15) is 22.3 Å². The third-order valence-electron chi connectivity index (χ3n) is 6.12. The van der Waals surface area contributed by atoms with Crippen LogP contribution in [0, 0.1) is 0 Å². The van der Waals surface area contributed by atoms with Gasteiger partial charge in [0.2, 0.25) is 5.91 Å². The van der Waals surface area contributed by atoms with E-state index in [4.69, 9.17) is 4.74 Å². The molecule has 0 unspecified atom stereocenters. The normalized spacial score (nSPS) is 12.9. The summed E-state index contributed by atoms with van der Waals surface area (Å²) >= 11 is 0. The van der Waals surface area contributed by atoms with Crippen molar-refractivity contribution in [2.75, 3.05) is 7.11 Å². The van der Waals surface area contributed by atoms with Crippen LogP contribution in [-0.4, -0.2) is 25.0 Å². The number of alkyl halides is 6. The Morgan fingerprint density at radius 3 is 1.76 bits per heavy atom. The molecule has 0 spiro atoms. The summed E-state index contributed by atoms with van der Waals surface area (Å²) in [7, 11) is 1.12. The van der Waals surface area contributed by atoms with Gasteiger partial charge < -0.3 is 10.1 Å². The first-order valence-electron chi connectivity index (χ1n) is 11.4. The predicted molar refractivity (Wildman–Crippen MR) is 129 cm³/mol. The zero-order valence-electron chi connectivity index (χ0n) is 19.9. The van der Waals surface area contributed by atoms with E-state index in [0.717, 1.165) is 34.2 Å². The highest BCUT2D eigenvalue weighted by Gasteiger charge is 2.37. The van der Waals surface area contributed by atoms with Crippen LogP contribution < -0.4 is 5.32 Å². The number of benzene rings is 4. The van der Waals surface area contributed by atoms with Gasteiger partial charge >= 0.3 is 18.3 Å². The van der Waals surface area contributed by atoms with Crippen LogP contribution in [0.3, 0.4) is 0 Å². The highest BCUT2D eigenvalue weighted by molar-refractivity contribution is 6.02. The molecule has 0 aliphatic rings. The van der Waals surface area contributed by atoms with E-state index in [1.165, 1.54) is 0 Å². The Kier molecular flexibility index (Phi) is 7.35. The Balaban J connectivity index is 1.66. The molecule has 0 heterocycles. The molecular formula is C28H21F6NO3. The molecule has 4 aromatic carbocycles. The van der Waals surface area contributed by atoms with Crippen molar-refractivity contribution in [2.24, 2.45) is 0 Å². The first-order chi connectivity index (χ1) is 17.9. The Labute approximate surface area is 213 Å². The van der Waals surface area contributed by atoms with Crippen molar-refractivity contribution in [3.05, 3.63) is 95.1 Å². The monoisotopic (exact) mass is 533 g/mol. The molecule has 1 amide bonds. The fraction of sp³-hybridized carbons (Fsp3) is 0.214. The lowest BCUT2D eigenvalue weighted by molar-refractivity contribution is -0.145. The molecule has 1 N–H and O–H groups in total. The van der Waals surface area contributed by atoms with Gasteiger partial charge in [-0.05, 0) is 56.9 Å². The molecule has 0 aliphatic carbocycles. The van der Waals surface area contributed by atoms with E-state index in [0.29, 0.717) is 12.1 Å². The number of fused-ring (bicyclic) bond motifs is 2. The van der Waals surface area contributed by atoms with Crippen molar-refractivity contribution >= 4 is 33.4 Å². The smallest absolute Gasteiger partial charge is 0.416 e. The zero-order chi connectivity index (χ0) is 27.7. The van der Waals surface area contributed by atoms with E-state index in [1.54, 1.807) is 0 Å². The Bertz CT molecular complexity index is 1420. The van der Waals surface area contributed by atoms with E-state index in [2.05, 4.69) is 5.32 Å². The molecule has 0 saturated heterocycles. The fourth-order valence-corrected chi connectivity index (χ4v) is 4.42. The van der Waals surface area contributed by atoms with E-state index in [9.17, 15) is 35.9 Å². The summed E-state index contributed by atoms with van der Waals surface area (Å²) in [6.07, 6.45) is -10.9. The summed E-state index contributed by atoms with van der Waals surface area (Å²) in [4.78, 5) is 25.4. The van der Waals surface area contributed by atoms with Gasteiger partial charge in [-0.15, -0.1) is 0 Å². The SMILES string of the molecule is COC(=O)[C@@H](Cc1c2ccccc2cc2ccccc12)NC(=O)Cc1cc(C(F)(F)F)cc(C(F)(F)F)c1. The lowest BCUT2D eigenvalue weighted by Gasteiger charge is -2.20. The molecule has 4 aromatic rings. The minimum atomic E-state index is -5.05. The Morgan fingerprint density at radius 2 is 1.29 bits per heavy atom. The van der Waals surface area contributed by atoms with Crippen molar-refractivity contribution in [1.82, 2.24) is 5.32 Å². The molecule has 0 saturated carbocycles. The highest BCUT2D eigenvalue weighted by atomic mass is 19.4. The molecule has 0 aromatic heterocycles. The van der Waals surface area contributed by atoms with E-state index < -0.39 is 53.4 Å². The van der Waals surface area contributed by atoms with Crippen molar-refractivity contribution in [3.63, 3.8) is 0 Å². The first-order valence-corrected chi connectivity index (χ1v) is 11.4. The number of halogens is 6. The van der Waals surface area contributed by atoms with E-state index >= 15 is 0 Å². The summed E-state index contributed by atoms with van der Waals surface area (Å²) in [6, 6.07) is 16.5. The van der Waals surface area contributed by atoms with Gasteiger partial charge in [0.05, 0.1) is 24.7 Å². The highest BCUT2D eigenvalue weighted by Crippen LogP contribution is 2.36. The minimum Gasteiger partial charge on any atom is -0.467 e. The number of nitrogens with one attached hydrogen (secondary N) is 1. The zero-order valence-corrected chi connectivity index (χ0v) is 19.9. The molecule has 0 bridgehead atoms. The summed E-state index contributed by atoms with van der Waals surface area (Å²) in [5, 5.41) is 5.85. The van der Waals surface area contributed by atoms with Crippen molar-refractivity contribution in [2.45, 2.75) is 31.2 Å². The maximum Gasteiger partial charge on any atom is 0.416 e. The van der Waals surface area contributed by atoms with Gasteiger partial charge in [-0.25, -0.2) is 4.79 Å². The Morgan fingerprint density at radius 1 is 0.789 bits per heavy atom. The average Bonchev–Trinajstić information content (AvgIpc) is 2.86. The lowest BCUT2D eigenvalue weighted by atomic mass is 9.92. The van der Waals surface area contributed by atoms with Gasteiger partial charge in [-0.2, -0.15) is 26.3 Å². The molecular weight excluding hydrogens is 512 g/mol. The van der Waals surface area contributed by atoms with Crippen LogP contribution >= 0.6 is 0 Å². The summed E-state index contributed by atoms with van der Waals surface area (Å²) < 4.78 is 84.1. The molecule has 10 heteroatoms. The van der Waals surface area contributed by atoms with Crippen molar-refractivity contribution in [1.29, 1.82) is 0 Å². The van der Waals surface area contributed by atoms with Crippen LogP contribution in [0.15, 0.2) is 72.8 Å². The molecule has 198 valence electrons. The van der Waals surface area contributed by atoms with Crippen LogP contribution in [0.25, 0.3) is 21.5 Å². The lowest BCUT2D eigenvalue weighted by Crippen LogP contribution is -2.43. The number of hydrogen-bond acceptors (Lipinski definition) is 3. The van der Waals surface area contributed by atoms with Crippen molar-refractivity contribution in [3.8, 4) is 0 Å². The topological polar surface area (TPSA) is 55.4 Å². The fourth-order valence-electron chi connectivity index (χ4n) is 4.42. The summed E-state index contributed by atoms with van der Waals surface area (Å²) in [5.74, 6) is -1.74. The molecule has 4 rings (SSSR count). The van der Waals surface area contributed by atoms with Gasteiger partial charge in [-0.1, -0.05) is 48.5 Å². The number of methoxy groups -OCH3 is 1. The van der Waals surface area contributed by atoms with Gasteiger partial charge in [0.25, 0.3) is 0 Å². The van der Waals surface area contributed by atoms with Gasteiger partial charge in [0, 0.05) is 6.42 Å². The number of carbonyl (C=O) groups is 2. The van der Waals surface area contributed by atoms with Crippen LogP contribution in [-0.2, 0) is 39.5 Å². The number of hydrogen-bond donors (Lipinski definition) is 1. The minimum absolute atomic E-state index is 0.00964. The number of esters is 1. The molecule has 0 radical (unpaired) electrons. The van der Waals surface area contributed by atoms with Gasteiger partial charge in [0.15, 0.2) is 0 Å². The molecule has 1 atom stereocenters. The molecule has 4 nitrogen and oxygen atoms in total. The number of carbonyl (C=O) groups excluding carboxylic acids is 2. The molecule has 0 aliphatic heterocycles. The number of ether oxygens (including phenoxy) is 1. The van der Waals surface area contributed by atoms with Crippen molar-refractivity contribution < 1.29 is 40.7 Å². The third kappa shape index (κ3) is 5.90. The second-order valence-electron chi connectivity index (χ2n) is 8.74. The first kappa shape index (κ1) is 27.0. The van der Waals surface area contributed by atoms with Crippen LogP contribution in [0.2, 0.25) is 0 Å².